The lowest BCUT2D eigenvalue weighted by molar-refractivity contribution is -0.111. The quantitative estimate of drug-likeness (QED) is 0.231. The minimum Gasteiger partial charge on any atom is -0.504 e. The number of hydrogen-bond donors (Lipinski definition) is 4. The van der Waals surface area contributed by atoms with Crippen molar-refractivity contribution in [1.82, 2.24) is 0 Å². The standard InChI is InChI=1S/C23H16BrNO5/c24-15-4-6-16(7-5-15)25-22(29)10-3-13-1-9-19(27)23-17(13)12-21(30-23)14-2-8-18(26)20(28)11-14/h1-12,26-28H,(H,25,29)/b10-3+. The van der Waals surface area contributed by atoms with E-state index in [2.05, 4.69) is 21.2 Å². The number of carbonyl (C=O) groups excluding carboxylic acids is 1. The molecule has 0 aliphatic carbocycles. The van der Waals surface area contributed by atoms with E-state index in [1.165, 1.54) is 24.3 Å². The van der Waals surface area contributed by atoms with Crippen LogP contribution < -0.4 is 5.32 Å². The van der Waals surface area contributed by atoms with Gasteiger partial charge in [0.2, 0.25) is 5.91 Å². The van der Waals surface area contributed by atoms with E-state index in [0.29, 0.717) is 28.0 Å². The molecule has 0 aliphatic heterocycles. The predicted octanol–water partition coefficient (Wildman–Crippen LogP) is 5.63. The van der Waals surface area contributed by atoms with Crippen molar-refractivity contribution in [3.63, 3.8) is 0 Å². The number of benzene rings is 3. The summed E-state index contributed by atoms with van der Waals surface area (Å²) in [6, 6.07) is 16.4. The van der Waals surface area contributed by atoms with Crippen LogP contribution in [0, 0.1) is 0 Å². The minimum atomic E-state index is -0.300. The summed E-state index contributed by atoms with van der Waals surface area (Å²) in [5.41, 5.74) is 2.13. The molecule has 0 aliphatic rings. The van der Waals surface area contributed by atoms with Crippen molar-refractivity contribution in [1.29, 1.82) is 0 Å². The van der Waals surface area contributed by atoms with E-state index in [-0.39, 0.29) is 28.7 Å². The summed E-state index contributed by atoms with van der Waals surface area (Å²) in [5, 5.41) is 32.7. The van der Waals surface area contributed by atoms with Gasteiger partial charge in [-0.15, -0.1) is 0 Å². The van der Waals surface area contributed by atoms with Gasteiger partial charge in [0.15, 0.2) is 22.8 Å². The lowest BCUT2D eigenvalue weighted by Crippen LogP contribution is -2.07. The van der Waals surface area contributed by atoms with Crippen LogP contribution >= 0.6 is 15.9 Å². The number of halogens is 1. The van der Waals surface area contributed by atoms with Crippen LogP contribution in [-0.2, 0) is 4.79 Å². The molecule has 1 aromatic heterocycles. The Morgan fingerprint density at radius 3 is 2.37 bits per heavy atom. The van der Waals surface area contributed by atoms with Gasteiger partial charge in [-0.3, -0.25) is 4.79 Å². The number of aromatic hydroxyl groups is 3. The number of hydrogen-bond acceptors (Lipinski definition) is 5. The maximum Gasteiger partial charge on any atom is 0.248 e. The third-order valence-corrected chi connectivity index (χ3v) is 5.01. The van der Waals surface area contributed by atoms with E-state index >= 15 is 0 Å². The minimum absolute atomic E-state index is 0.0456. The van der Waals surface area contributed by atoms with E-state index in [1.807, 2.05) is 12.1 Å². The maximum absolute atomic E-state index is 12.2. The number of rotatable bonds is 4. The zero-order valence-electron chi connectivity index (χ0n) is 15.5. The van der Waals surface area contributed by atoms with Crippen LogP contribution in [0.2, 0.25) is 0 Å². The van der Waals surface area contributed by atoms with Crippen LogP contribution in [0.4, 0.5) is 5.69 Å². The Balaban J connectivity index is 1.64. The maximum atomic E-state index is 12.2. The van der Waals surface area contributed by atoms with E-state index in [0.717, 1.165) is 4.47 Å². The first kappa shape index (κ1) is 19.6. The number of furan rings is 1. The second kappa shape index (κ2) is 7.96. The summed E-state index contributed by atoms with van der Waals surface area (Å²) in [6.07, 6.45) is 3.02. The highest BCUT2D eigenvalue weighted by Gasteiger charge is 2.14. The second-order valence-corrected chi connectivity index (χ2v) is 7.48. The Labute approximate surface area is 179 Å². The van der Waals surface area contributed by atoms with Crippen molar-refractivity contribution < 1.29 is 24.5 Å². The molecule has 0 bridgehead atoms. The number of anilines is 1. The number of phenols is 3. The van der Waals surface area contributed by atoms with E-state index in [4.69, 9.17) is 4.42 Å². The molecule has 3 aromatic carbocycles. The van der Waals surface area contributed by atoms with Gasteiger partial charge in [-0.05, 0) is 66.2 Å². The van der Waals surface area contributed by atoms with Gasteiger partial charge in [0.1, 0.15) is 5.76 Å². The zero-order valence-corrected chi connectivity index (χ0v) is 17.1. The monoisotopic (exact) mass is 465 g/mol. The highest BCUT2D eigenvalue weighted by molar-refractivity contribution is 9.10. The summed E-state index contributed by atoms with van der Waals surface area (Å²) < 4.78 is 6.67. The summed E-state index contributed by atoms with van der Waals surface area (Å²) in [6.45, 7) is 0. The fourth-order valence-electron chi connectivity index (χ4n) is 2.98. The lowest BCUT2D eigenvalue weighted by Gasteiger charge is -2.02. The summed E-state index contributed by atoms with van der Waals surface area (Å²) in [5.74, 6) is -0.461. The summed E-state index contributed by atoms with van der Waals surface area (Å²) >= 11 is 3.35. The molecule has 30 heavy (non-hydrogen) atoms. The molecule has 4 rings (SSSR count). The fraction of sp³-hybridized carbons (Fsp3) is 0. The number of phenolic OH excluding ortho intramolecular Hbond substituents is 3. The smallest absolute Gasteiger partial charge is 0.248 e. The van der Waals surface area contributed by atoms with Gasteiger partial charge in [-0.25, -0.2) is 0 Å². The molecule has 4 N–H and O–H groups in total. The Hall–Kier alpha value is -3.71. The Bertz CT molecular complexity index is 1270. The third kappa shape index (κ3) is 4.01. The molecule has 0 atom stereocenters. The van der Waals surface area contributed by atoms with Crippen LogP contribution in [0.5, 0.6) is 17.2 Å². The van der Waals surface area contributed by atoms with Gasteiger partial charge in [0.05, 0.1) is 0 Å². The van der Waals surface area contributed by atoms with Crippen molar-refractivity contribution in [2.75, 3.05) is 5.32 Å². The van der Waals surface area contributed by atoms with Gasteiger partial charge < -0.3 is 25.1 Å². The van der Waals surface area contributed by atoms with Gasteiger partial charge in [-0.2, -0.15) is 0 Å². The van der Waals surface area contributed by atoms with Crippen molar-refractivity contribution in [2.24, 2.45) is 0 Å². The molecule has 6 nitrogen and oxygen atoms in total. The molecule has 0 saturated carbocycles. The second-order valence-electron chi connectivity index (χ2n) is 6.56. The molecule has 0 radical (unpaired) electrons. The van der Waals surface area contributed by atoms with Gasteiger partial charge in [0, 0.05) is 27.2 Å². The average molecular weight is 466 g/mol. The first-order chi connectivity index (χ1) is 14.4. The number of fused-ring (bicyclic) bond motifs is 1. The molecule has 1 amide bonds. The largest absolute Gasteiger partial charge is 0.504 e. The lowest BCUT2D eigenvalue weighted by atomic mass is 10.1. The van der Waals surface area contributed by atoms with Crippen molar-refractivity contribution in [3.05, 3.63) is 76.8 Å². The molecule has 0 saturated heterocycles. The molecule has 7 heteroatoms. The highest BCUT2D eigenvalue weighted by atomic mass is 79.9. The SMILES string of the molecule is O=C(/C=C/c1ccc(O)c2oc(-c3ccc(O)c(O)c3)cc12)Nc1ccc(Br)cc1. The third-order valence-electron chi connectivity index (χ3n) is 4.48. The first-order valence-electron chi connectivity index (χ1n) is 8.93. The van der Waals surface area contributed by atoms with Gasteiger partial charge in [-0.1, -0.05) is 22.0 Å². The van der Waals surface area contributed by atoms with Crippen LogP contribution in [0.1, 0.15) is 5.56 Å². The molecular weight excluding hydrogens is 450 g/mol. The molecule has 1 heterocycles. The van der Waals surface area contributed by atoms with Crippen molar-refractivity contribution in [3.8, 4) is 28.6 Å². The predicted molar refractivity (Wildman–Crippen MR) is 118 cm³/mol. The molecule has 0 spiro atoms. The molecule has 4 aromatic rings. The Kier molecular flexibility index (Phi) is 5.20. The molecule has 0 unspecified atom stereocenters. The molecule has 150 valence electrons. The number of amides is 1. The Morgan fingerprint density at radius 2 is 1.63 bits per heavy atom. The molecule has 0 fully saturated rings. The summed E-state index contributed by atoms with van der Waals surface area (Å²) in [4.78, 5) is 12.2. The zero-order chi connectivity index (χ0) is 21.3. The highest BCUT2D eigenvalue weighted by Crippen LogP contribution is 2.37. The summed E-state index contributed by atoms with van der Waals surface area (Å²) in [7, 11) is 0. The first-order valence-corrected chi connectivity index (χ1v) is 9.72. The van der Waals surface area contributed by atoms with Crippen molar-refractivity contribution >= 4 is 44.6 Å². The van der Waals surface area contributed by atoms with E-state index in [9.17, 15) is 20.1 Å². The average Bonchev–Trinajstić information content (AvgIpc) is 3.18. The van der Waals surface area contributed by atoms with Crippen LogP contribution in [0.25, 0.3) is 28.4 Å². The van der Waals surface area contributed by atoms with Crippen LogP contribution in [0.15, 0.2) is 75.6 Å². The van der Waals surface area contributed by atoms with Crippen LogP contribution in [0.3, 0.4) is 0 Å². The van der Waals surface area contributed by atoms with E-state index in [1.54, 1.807) is 36.4 Å². The normalized spacial score (nSPS) is 11.2. The number of nitrogens with one attached hydrogen (secondary N) is 1. The van der Waals surface area contributed by atoms with Crippen molar-refractivity contribution in [2.45, 2.75) is 0 Å². The van der Waals surface area contributed by atoms with E-state index < -0.39 is 0 Å². The van der Waals surface area contributed by atoms with Gasteiger partial charge >= 0.3 is 0 Å². The molecular formula is C23H16BrNO5. The topological polar surface area (TPSA) is 103 Å². The van der Waals surface area contributed by atoms with Crippen LogP contribution in [-0.4, -0.2) is 21.2 Å². The Morgan fingerprint density at radius 1 is 0.900 bits per heavy atom. The number of carbonyl (C=O) groups is 1. The fourth-order valence-corrected chi connectivity index (χ4v) is 3.24. The van der Waals surface area contributed by atoms with Gasteiger partial charge in [0.25, 0.3) is 0 Å².